The lowest BCUT2D eigenvalue weighted by Crippen LogP contribution is -2.17. The minimum Gasteiger partial charge on any atom is -0.405 e. The van der Waals surface area contributed by atoms with Gasteiger partial charge in [-0.2, -0.15) is 0 Å². The highest BCUT2D eigenvalue weighted by Gasteiger charge is 2.31. The Labute approximate surface area is 93.8 Å². The van der Waals surface area contributed by atoms with Gasteiger partial charge >= 0.3 is 6.36 Å². The number of benzene rings is 1. The Kier molecular flexibility index (Phi) is 3.49. The van der Waals surface area contributed by atoms with Crippen molar-refractivity contribution >= 4 is 21.6 Å². The van der Waals surface area contributed by atoms with Crippen molar-refractivity contribution in [2.45, 2.75) is 6.36 Å². The maximum atomic E-state index is 11.9. The summed E-state index contributed by atoms with van der Waals surface area (Å²) in [4.78, 5) is 1.78. The lowest BCUT2D eigenvalue weighted by Gasteiger charge is -2.15. The molecule has 0 aromatic heterocycles. The Morgan fingerprint density at radius 1 is 1.27 bits per heavy atom. The molecule has 0 aliphatic heterocycles. The molecule has 0 aliphatic carbocycles. The van der Waals surface area contributed by atoms with Crippen molar-refractivity contribution in [3.05, 3.63) is 22.7 Å². The molecule has 2 nitrogen and oxygen atoms in total. The summed E-state index contributed by atoms with van der Waals surface area (Å²) < 4.78 is 39.9. The monoisotopic (exact) mass is 283 g/mol. The largest absolute Gasteiger partial charge is 0.573 e. The number of halogens is 4. The Balaban J connectivity index is 2.94. The summed E-state index contributed by atoms with van der Waals surface area (Å²) in [5.41, 5.74) is 0.788. The highest BCUT2D eigenvalue weighted by molar-refractivity contribution is 9.10. The third-order valence-corrected chi connectivity index (χ3v) is 2.28. The number of rotatable bonds is 2. The molecule has 0 aliphatic rings. The van der Waals surface area contributed by atoms with Crippen molar-refractivity contribution in [2.24, 2.45) is 0 Å². The van der Waals surface area contributed by atoms with Crippen LogP contribution in [0.15, 0.2) is 22.7 Å². The lowest BCUT2D eigenvalue weighted by molar-refractivity contribution is -0.274. The summed E-state index contributed by atoms with van der Waals surface area (Å²) in [6, 6.07) is 4.37. The maximum Gasteiger partial charge on any atom is 0.573 e. The van der Waals surface area contributed by atoms with Crippen LogP contribution in [0, 0.1) is 0 Å². The fraction of sp³-hybridized carbons (Fsp3) is 0.333. The highest BCUT2D eigenvalue weighted by atomic mass is 79.9. The molecular formula is C9H9BrF3NO. The smallest absolute Gasteiger partial charge is 0.405 e. The summed E-state index contributed by atoms with van der Waals surface area (Å²) in [5.74, 6) is -0.242. The van der Waals surface area contributed by atoms with Crippen LogP contribution in [0.3, 0.4) is 0 Å². The molecular weight excluding hydrogens is 275 g/mol. The van der Waals surface area contributed by atoms with Gasteiger partial charge < -0.3 is 9.64 Å². The van der Waals surface area contributed by atoms with E-state index < -0.39 is 6.36 Å². The Morgan fingerprint density at radius 3 is 2.27 bits per heavy atom. The molecule has 1 rings (SSSR count). The molecule has 1 aromatic carbocycles. The molecule has 0 spiro atoms. The number of alkyl halides is 3. The van der Waals surface area contributed by atoms with Crippen molar-refractivity contribution in [2.75, 3.05) is 19.0 Å². The van der Waals surface area contributed by atoms with E-state index in [2.05, 4.69) is 20.7 Å². The summed E-state index contributed by atoms with van der Waals surface area (Å²) >= 11 is 3.02. The number of anilines is 1. The fourth-order valence-corrected chi connectivity index (χ4v) is 1.42. The normalized spacial score (nSPS) is 11.3. The number of ether oxygens (including phenoxy) is 1. The Bertz CT molecular complexity index is 352. The van der Waals surface area contributed by atoms with Crippen LogP contribution in [0.4, 0.5) is 18.9 Å². The average Bonchev–Trinajstić information content (AvgIpc) is 2.05. The molecule has 0 unspecified atom stereocenters. The summed E-state index contributed by atoms with van der Waals surface area (Å²) in [6.45, 7) is 0. The first kappa shape index (κ1) is 12.2. The van der Waals surface area contributed by atoms with Gasteiger partial charge in [0, 0.05) is 19.8 Å². The van der Waals surface area contributed by atoms with Gasteiger partial charge in [-0.15, -0.1) is 13.2 Å². The van der Waals surface area contributed by atoms with Crippen LogP contribution in [0.25, 0.3) is 0 Å². The van der Waals surface area contributed by atoms with Crippen molar-refractivity contribution < 1.29 is 17.9 Å². The first-order chi connectivity index (χ1) is 6.79. The molecule has 0 N–H and O–H groups in total. The van der Waals surface area contributed by atoms with Crippen LogP contribution in [-0.4, -0.2) is 20.5 Å². The Hall–Kier alpha value is -0.910. The minimum absolute atomic E-state index is 0.242. The molecule has 6 heteroatoms. The second-order valence-corrected chi connectivity index (χ2v) is 3.91. The first-order valence-corrected chi connectivity index (χ1v) is 4.81. The standard InChI is InChI=1S/C9H9BrF3NO/c1-14(2)6-3-4-8(7(10)5-6)15-9(11,12)13/h3-5H,1-2H3. The zero-order valence-corrected chi connectivity index (χ0v) is 9.69. The van der Waals surface area contributed by atoms with Crippen molar-refractivity contribution in [3.63, 3.8) is 0 Å². The van der Waals surface area contributed by atoms with Crippen molar-refractivity contribution in [3.8, 4) is 5.75 Å². The van der Waals surface area contributed by atoms with E-state index in [9.17, 15) is 13.2 Å². The molecule has 0 atom stereocenters. The van der Waals surface area contributed by atoms with Gasteiger partial charge in [0.15, 0.2) is 0 Å². The maximum absolute atomic E-state index is 11.9. The van der Waals surface area contributed by atoms with E-state index in [0.29, 0.717) is 0 Å². The number of hydrogen-bond acceptors (Lipinski definition) is 2. The van der Waals surface area contributed by atoms with Gasteiger partial charge in [0.2, 0.25) is 0 Å². The van der Waals surface area contributed by atoms with Crippen LogP contribution < -0.4 is 9.64 Å². The van der Waals surface area contributed by atoms with E-state index in [0.717, 1.165) is 5.69 Å². The van der Waals surface area contributed by atoms with E-state index in [1.165, 1.54) is 6.07 Å². The molecule has 0 bridgehead atoms. The topological polar surface area (TPSA) is 12.5 Å². The van der Waals surface area contributed by atoms with Gasteiger partial charge in [-0.25, -0.2) is 0 Å². The third-order valence-electron chi connectivity index (χ3n) is 1.66. The van der Waals surface area contributed by atoms with Crippen molar-refractivity contribution in [1.29, 1.82) is 0 Å². The van der Waals surface area contributed by atoms with Gasteiger partial charge in [-0.3, -0.25) is 0 Å². The molecule has 0 heterocycles. The summed E-state index contributed by atoms with van der Waals surface area (Å²) in [6.07, 6.45) is -4.66. The van der Waals surface area contributed by atoms with E-state index in [4.69, 9.17) is 0 Å². The SMILES string of the molecule is CN(C)c1ccc(OC(F)(F)F)c(Br)c1. The molecule has 0 saturated heterocycles. The zero-order chi connectivity index (χ0) is 11.6. The predicted octanol–water partition coefficient (Wildman–Crippen LogP) is 3.41. The summed E-state index contributed by atoms with van der Waals surface area (Å²) in [5, 5.41) is 0. The van der Waals surface area contributed by atoms with Crippen LogP contribution in [0.1, 0.15) is 0 Å². The second-order valence-electron chi connectivity index (χ2n) is 3.06. The second kappa shape index (κ2) is 4.30. The van der Waals surface area contributed by atoms with E-state index in [-0.39, 0.29) is 10.2 Å². The van der Waals surface area contributed by atoms with Crippen LogP contribution in [0.5, 0.6) is 5.75 Å². The van der Waals surface area contributed by atoms with Gasteiger partial charge in [0.05, 0.1) is 4.47 Å². The minimum atomic E-state index is -4.66. The Morgan fingerprint density at radius 2 is 1.87 bits per heavy atom. The third kappa shape index (κ3) is 3.62. The van der Waals surface area contributed by atoms with E-state index in [1.54, 1.807) is 31.1 Å². The van der Waals surface area contributed by atoms with E-state index in [1.807, 2.05) is 0 Å². The van der Waals surface area contributed by atoms with Gasteiger partial charge in [-0.1, -0.05) is 0 Å². The molecule has 15 heavy (non-hydrogen) atoms. The van der Waals surface area contributed by atoms with Gasteiger partial charge in [-0.05, 0) is 34.1 Å². The number of hydrogen-bond donors (Lipinski definition) is 0. The molecule has 1 aromatic rings. The first-order valence-electron chi connectivity index (χ1n) is 4.02. The van der Waals surface area contributed by atoms with Gasteiger partial charge in [0.25, 0.3) is 0 Å². The molecule has 0 radical (unpaired) electrons. The number of nitrogens with zero attached hydrogens (tertiary/aromatic N) is 1. The predicted molar refractivity (Wildman–Crippen MR) is 55.2 cm³/mol. The highest BCUT2D eigenvalue weighted by Crippen LogP contribution is 2.32. The zero-order valence-electron chi connectivity index (χ0n) is 8.10. The van der Waals surface area contributed by atoms with Crippen LogP contribution in [0.2, 0.25) is 0 Å². The molecule has 84 valence electrons. The van der Waals surface area contributed by atoms with Gasteiger partial charge in [0.1, 0.15) is 5.75 Å². The lowest BCUT2D eigenvalue weighted by atomic mass is 10.3. The quantitative estimate of drug-likeness (QED) is 0.825. The average molecular weight is 284 g/mol. The van der Waals surface area contributed by atoms with Crippen LogP contribution >= 0.6 is 15.9 Å². The summed E-state index contributed by atoms with van der Waals surface area (Å²) in [7, 11) is 3.60. The molecule has 0 saturated carbocycles. The van der Waals surface area contributed by atoms with Crippen molar-refractivity contribution in [1.82, 2.24) is 0 Å². The molecule has 0 fully saturated rings. The van der Waals surface area contributed by atoms with Crippen LogP contribution in [-0.2, 0) is 0 Å². The molecule has 0 amide bonds. The van der Waals surface area contributed by atoms with E-state index >= 15 is 0 Å². The fourth-order valence-electron chi connectivity index (χ4n) is 0.975.